The van der Waals surface area contributed by atoms with Crippen LogP contribution in [-0.4, -0.2) is 21.7 Å². The highest BCUT2D eigenvalue weighted by Gasteiger charge is 2.24. The van der Waals surface area contributed by atoms with E-state index in [1.807, 2.05) is 48.6 Å². The number of aromatic nitrogens is 1. The standard InChI is InChI=1S/C18H13BNO2/c21-19(22)13-10-11-18-16(12-13)15-8-4-5-9-17(15)20(18)14-6-2-1-3-7-14/h1-4,6-12,21-22H/q+1. The molecule has 22 heavy (non-hydrogen) atoms. The van der Waals surface area contributed by atoms with Crippen molar-refractivity contribution in [2.45, 2.75) is 0 Å². The summed E-state index contributed by atoms with van der Waals surface area (Å²) in [5.41, 5.74) is 4.71. The van der Waals surface area contributed by atoms with Crippen molar-refractivity contribution in [3.05, 3.63) is 71.9 Å². The van der Waals surface area contributed by atoms with Crippen LogP contribution in [0.2, 0.25) is 0 Å². The quantitative estimate of drug-likeness (QED) is 0.560. The topological polar surface area (TPSA) is 45.4 Å². The maximum atomic E-state index is 9.42. The summed E-state index contributed by atoms with van der Waals surface area (Å²) in [6.07, 6.45) is 8.96. The maximum Gasteiger partial charge on any atom is 0.488 e. The van der Waals surface area contributed by atoms with Crippen LogP contribution in [0.25, 0.3) is 28.7 Å². The molecular weight excluding hydrogens is 273 g/mol. The van der Waals surface area contributed by atoms with Gasteiger partial charge in [0.15, 0.2) is 5.69 Å². The molecule has 3 nitrogen and oxygen atoms in total. The van der Waals surface area contributed by atoms with Crippen LogP contribution in [0.4, 0.5) is 0 Å². The highest BCUT2D eigenvalue weighted by atomic mass is 16.4. The van der Waals surface area contributed by atoms with Crippen molar-refractivity contribution in [3.63, 3.8) is 0 Å². The highest BCUT2D eigenvalue weighted by Crippen LogP contribution is 2.32. The summed E-state index contributed by atoms with van der Waals surface area (Å²) in [6, 6.07) is 15.6. The lowest BCUT2D eigenvalue weighted by molar-refractivity contribution is 0.426. The van der Waals surface area contributed by atoms with Crippen LogP contribution in [0.1, 0.15) is 11.3 Å². The Morgan fingerprint density at radius 3 is 2.59 bits per heavy atom. The molecule has 3 aromatic rings. The van der Waals surface area contributed by atoms with Gasteiger partial charge in [-0.1, -0.05) is 24.3 Å². The van der Waals surface area contributed by atoms with Crippen LogP contribution in [0, 0.1) is 6.08 Å². The second-order valence-corrected chi connectivity index (χ2v) is 5.26. The minimum atomic E-state index is -1.46. The van der Waals surface area contributed by atoms with E-state index >= 15 is 0 Å². The largest absolute Gasteiger partial charge is 0.488 e. The fourth-order valence-corrected chi connectivity index (χ4v) is 2.94. The first-order valence-corrected chi connectivity index (χ1v) is 7.11. The summed E-state index contributed by atoms with van der Waals surface area (Å²) >= 11 is 0. The molecule has 1 aliphatic carbocycles. The molecule has 0 saturated heterocycles. The van der Waals surface area contributed by atoms with Gasteiger partial charge in [0.25, 0.3) is 0 Å². The predicted molar refractivity (Wildman–Crippen MR) is 89.8 cm³/mol. The number of nitrogens with zero attached hydrogens (tertiary/aromatic N) is 1. The van der Waals surface area contributed by atoms with Gasteiger partial charge in [0.1, 0.15) is 17.7 Å². The zero-order valence-electron chi connectivity index (χ0n) is 11.8. The Balaban J connectivity index is 2.09. The molecule has 0 fully saturated rings. The number of benzene rings is 2. The molecule has 0 radical (unpaired) electrons. The molecule has 2 N–H and O–H groups in total. The Hall–Kier alpha value is -2.65. The second-order valence-electron chi connectivity index (χ2n) is 5.26. The minimum Gasteiger partial charge on any atom is -0.423 e. The summed E-state index contributed by atoms with van der Waals surface area (Å²) < 4.78 is 2.16. The van der Waals surface area contributed by atoms with E-state index in [-0.39, 0.29) is 0 Å². The number of para-hydroxylation sites is 1. The van der Waals surface area contributed by atoms with Crippen LogP contribution < -0.4 is 5.46 Å². The van der Waals surface area contributed by atoms with Gasteiger partial charge in [-0.2, -0.15) is 0 Å². The SMILES string of the molecule is OB(O)c1ccc2c(c1)c1c(n2-c2ccccc2)C=[C+]C=C1. The molecule has 4 rings (SSSR count). The van der Waals surface area contributed by atoms with Crippen LogP contribution in [0.15, 0.2) is 54.6 Å². The van der Waals surface area contributed by atoms with Gasteiger partial charge in [0.2, 0.25) is 0 Å². The smallest absolute Gasteiger partial charge is 0.423 e. The Kier molecular flexibility index (Phi) is 2.95. The molecule has 0 aliphatic heterocycles. The van der Waals surface area contributed by atoms with Gasteiger partial charge in [0, 0.05) is 11.5 Å². The first-order chi connectivity index (χ1) is 10.8. The lowest BCUT2D eigenvalue weighted by Crippen LogP contribution is -2.29. The third-order valence-corrected chi connectivity index (χ3v) is 3.95. The van der Waals surface area contributed by atoms with Gasteiger partial charge in [0.05, 0.1) is 17.3 Å². The average Bonchev–Trinajstić information content (AvgIpc) is 2.89. The van der Waals surface area contributed by atoms with Crippen LogP contribution in [0.5, 0.6) is 0 Å². The van der Waals surface area contributed by atoms with Gasteiger partial charge in [-0.3, -0.25) is 4.57 Å². The number of allylic oxidation sites excluding steroid dienone is 2. The summed E-state index contributed by atoms with van der Waals surface area (Å²) in [6.45, 7) is 0. The lowest BCUT2D eigenvalue weighted by Gasteiger charge is -2.05. The number of fused-ring (bicyclic) bond motifs is 3. The molecule has 0 unspecified atom stereocenters. The van der Waals surface area contributed by atoms with Crippen molar-refractivity contribution >= 4 is 35.6 Å². The Bertz CT molecular complexity index is 908. The van der Waals surface area contributed by atoms with E-state index in [1.54, 1.807) is 6.07 Å². The van der Waals surface area contributed by atoms with E-state index in [2.05, 4.69) is 22.8 Å². The number of hydrogen-bond acceptors (Lipinski definition) is 2. The molecule has 0 atom stereocenters. The van der Waals surface area contributed by atoms with Gasteiger partial charge in [-0.25, -0.2) is 0 Å². The molecule has 1 heterocycles. The summed E-state index contributed by atoms with van der Waals surface area (Å²) in [5, 5.41) is 19.8. The molecule has 2 aromatic carbocycles. The molecule has 1 aromatic heterocycles. The molecular formula is C18H13BNO2+. The number of hydrogen-bond donors (Lipinski definition) is 2. The molecule has 0 amide bonds. The van der Waals surface area contributed by atoms with Crippen LogP contribution in [-0.2, 0) is 0 Å². The average molecular weight is 286 g/mol. The third-order valence-electron chi connectivity index (χ3n) is 3.95. The predicted octanol–water partition coefficient (Wildman–Crippen LogP) is 2.15. The Morgan fingerprint density at radius 2 is 1.82 bits per heavy atom. The zero-order chi connectivity index (χ0) is 15.1. The highest BCUT2D eigenvalue weighted by molar-refractivity contribution is 6.59. The lowest BCUT2D eigenvalue weighted by atomic mass is 9.79. The van der Waals surface area contributed by atoms with E-state index < -0.39 is 7.12 Å². The van der Waals surface area contributed by atoms with Crippen molar-refractivity contribution < 1.29 is 10.0 Å². The normalized spacial score (nSPS) is 12.3. The third kappa shape index (κ3) is 1.91. The van der Waals surface area contributed by atoms with E-state index in [0.717, 1.165) is 27.8 Å². The minimum absolute atomic E-state index is 0.493. The first kappa shape index (κ1) is 13.0. The maximum absolute atomic E-state index is 9.42. The molecule has 104 valence electrons. The van der Waals surface area contributed by atoms with Gasteiger partial charge in [-0.15, -0.1) is 0 Å². The summed E-state index contributed by atoms with van der Waals surface area (Å²) in [4.78, 5) is 0. The fraction of sp³-hybridized carbons (Fsp3) is 0. The van der Waals surface area contributed by atoms with E-state index in [0.29, 0.717) is 5.46 Å². The molecule has 1 aliphatic rings. The molecule has 4 heteroatoms. The Morgan fingerprint density at radius 1 is 1.00 bits per heavy atom. The fourth-order valence-electron chi connectivity index (χ4n) is 2.94. The molecule has 0 spiro atoms. The second kappa shape index (κ2) is 4.97. The summed E-state index contributed by atoms with van der Waals surface area (Å²) in [5.74, 6) is 0. The zero-order valence-corrected chi connectivity index (χ0v) is 11.8. The van der Waals surface area contributed by atoms with Crippen molar-refractivity contribution in [2.75, 3.05) is 0 Å². The molecule has 0 bridgehead atoms. The van der Waals surface area contributed by atoms with E-state index in [1.165, 1.54) is 0 Å². The van der Waals surface area contributed by atoms with Crippen molar-refractivity contribution in [2.24, 2.45) is 0 Å². The monoisotopic (exact) mass is 286 g/mol. The van der Waals surface area contributed by atoms with Gasteiger partial charge in [-0.05, 0) is 29.7 Å². The van der Waals surface area contributed by atoms with Gasteiger partial charge < -0.3 is 10.0 Å². The van der Waals surface area contributed by atoms with Gasteiger partial charge >= 0.3 is 7.12 Å². The first-order valence-electron chi connectivity index (χ1n) is 7.11. The van der Waals surface area contributed by atoms with E-state index in [9.17, 15) is 10.0 Å². The number of rotatable bonds is 2. The van der Waals surface area contributed by atoms with Crippen molar-refractivity contribution in [3.8, 4) is 5.69 Å². The van der Waals surface area contributed by atoms with E-state index in [4.69, 9.17) is 0 Å². The molecule has 0 saturated carbocycles. The van der Waals surface area contributed by atoms with Crippen molar-refractivity contribution in [1.82, 2.24) is 4.57 Å². The van der Waals surface area contributed by atoms with Crippen LogP contribution >= 0.6 is 0 Å². The van der Waals surface area contributed by atoms with Crippen molar-refractivity contribution in [1.29, 1.82) is 0 Å². The summed E-state index contributed by atoms with van der Waals surface area (Å²) in [7, 11) is -1.46. The Labute approximate surface area is 128 Å². The van der Waals surface area contributed by atoms with Crippen LogP contribution in [0.3, 0.4) is 0 Å².